The molecule has 1 heterocycles. The molecule has 4 N–H and O–H groups in total. The first-order valence-electron chi connectivity index (χ1n) is 3.74. The van der Waals surface area contributed by atoms with Crippen molar-refractivity contribution in [3.63, 3.8) is 0 Å². The first-order chi connectivity index (χ1) is 5.21. The van der Waals surface area contributed by atoms with Gasteiger partial charge in [0.2, 0.25) is 0 Å². The average molecular weight is 272 g/mol. The van der Waals surface area contributed by atoms with Crippen molar-refractivity contribution in [2.45, 2.75) is 25.7 Å². The zero-order valence-electron chi connectivity index (χ0n) is 7.28. The van der Waals surface area contributed by atoms with Crippen molar-refractivity contribution in [2.24, 2.45) is 0 Å². The SMILES string of the molecule is O.O.S=S1(=S)OCCCCCCO1.[NaH]. The Morgan fingerprint density at radius 1 is 0.786 bits per heavy atom. The Balaban J connectivity index is -0.000000403. The van der Waals surface area contributed by atoms with E-state index in [4.69, 9.17) is 30.7 Å². The molecule has 0 aromatic heterocycles. The van der Waals surface area contributed by atoms with Gasteiger partial charge in [-0.05, 0) is 12.8 Å². The molecule has 0 spiro atoms. The molecule has 0 aromatic carbocycles. The van der Waals surface area contributed by atoms with E-state index in [-0.39, 0.29) is 40.5 Å². The zero-order chi connectivity index (χ0) is 8.16. The summed E-state index contributed by atoms with van der Waals surface area (Å²) in [5.74, 6) is 0. The predicted octanol–water partition coefficient (Wildman–Crippen LogP) is -0.796. The van der Waals surface area contributed by atoms with Crippen LogP contribution in [-0.2, 0) is 38.5 Å². The molecular weight excluding hydrogens is 255 g/mol. The third-order valence-electron chi connectivity index (χ3n) is 1.49. The van der Waals surface area contributed by atoms with Gasteiger partial charge in [0.05, 0.1) is 13.2 Å². The summed E-state index contributed by atoms with van der Waals surface area (Å²) in [5.41, 5.74) is 0. The van der Waals surface area contributed by atoms with Crippen molar-refractivity contribution >= 4 is 59.6 Å². The molecule has 8 heteroatoms. The van der Waals surface area contributed by atoms with E-state index in [2.05, 4.69) is 0 Å². The molecule has 0 saturated carbocycles. The molecule has 1 aliphatic rings. The fraction of sp³-hybridized carbons (Fsp3) is 1.00. The maximum absolute atomic E-state index is 5.24. The summed E-state index contributed by atoms with van der Waals surface area (Å²) in [5, 5.41) is 0. The van der Waals surface area contributed by atoms with Gasteiger partial charge in [0.15, 0.2) is 0 Å². The standard InChI is InChI=1S/C6H12O2S3.Na.2H2O.H/c9-11(10)7-5-3-1-2-4-6-8-11;;;;/h1-6H2;;2*1H2;. The topological polar surface area (TPSA) is 81.5 Å². The van der Waals surface area contributed by atoms with E-state index >= 15 is 0 Å². The number of hydrogen-bond acceptors (Lipinski definition) is 4. The second-order valence-corrected chi connectivity index (χ2v) is 7.02. The monoisotopic (exact) mass is 272 g/mol. The zero-order valence-corrected chi connectivity index (χ0v) is 9.73. The Hall–Kier alpha value is 1.63. The molecule has 1 rings (SSSR count). The minimum absolute atomic E-state index is 0. The van der Waals surface area contributed by atoms with Crippen molar-refractivity contribution in [2.75, 3.05) is 13.2 Å². The summed E-state index contributed by atoms with van der Waals surface area (Å²) >= 11 is 9.91. The van der Waals surface area contributed by atoms with Crippen LogP contribution < -0.4 is 0 Å². The molecule has 0 radical (unpaired) electrons. The summed E-state index contributed by atoms with van der Waals surface area (Å²) in [4.78, 5) is 0. The van der Waals surface area contributed by atoms with Gasteiger partial charge in [-0.15, -0.1) is 0 Å². The molecule has 1 aliphatic heterocycles. The van der Waals surface area contributed by atoms with Crippen LogP contribution in [0, 0.1) is 0 Å². The minimum atomic E-state index is -2.00. The Labute approximate surface area is 117 Å². The van der Waals surface area contributed by atoms with E-state index in [1.807, 2.05) is 0 Å². The molecule has 84 valence electrons. The van der Waals surface area contributed by atoms with Gasteiger partial charge < -0.3 is 11.0 Å². The average Bonchev–Trinajstić information content (AvgIpc) is 2.00. The van der Waals surface area contributed by atoms with Crippen LogP contribution in [0.15, 0.2) is 0 Å². The molecule has 0 aromatic rings. The molecule has 0 atom stereocenters. The van der Waals surface area contributed by atoms with E-state index in [0.29, 0.717) is 13.2 Å². The fourth-order valence-corrected chi connectivity index (χ4v) is 2.44. The number of rotatable bonds is 0. The van der Waals surface area contributed by atoms with E-state index in [1.165, 1.54) is 12.8 Å². The number of hydrogen-bond donors (Lipinski definition) is 0. The van der Waals surface area contributed by atoms with Crippen LogP contribution in [0.2, 0.25) is 0 Å². The quantitative estimate of drug-likeness (QED) is 0.541. The molecule has 0 aliphatic carbocycles. The molecule has 4 nitrogen and oxygen atoms in total. The Morgan fingerprint density at radius 3 is 1.50 bits per heavy atom. The molecule has 14 heavy (non-hydrogen) atoms. The summed E-state index contributed by atoms with van der Waals surface area (Å²) in [6, 6.07) is 0. The molecule has 0 bridgehead atoms. The molecule has 0 amide bonds. The van der Waals surface area contributed by atoms with Crippen molar-refractivity contribution in [3.8, 4) is 0 Å². The third kappa shape index (κ3) is 10.2. The van der Waals surface area contributed by atoms with Crippen LogP contribution in [0.4, 0.5) is 0 Å². The van der Waals surface area contributed by atoms with Crippen molar-refractivity contribution in [1.82, 2.24) is 0 Å². The molecule has 1 fully saturated rings. The first-order valence-corrected chi connectivity index (χ1v) is 7.08. The van der Waals surface area contributed by atoms with Crippen LogP contribution in [-0.4, -0.2) is 53.7 Å². The summed E-state index contributed by atoms with van der Waals surface area (Å²) in [6.45, 7) is 1.34. The van der Waals surface area contributed by atoms with Crippen LogP contribution >= 0.6 is 0 Å². The van der Waals surface area contributed by atoms with Gasteiger partial charge in [-0.1, -0.05) is 12.8 Å². The van der Waals surface area contributed by atoms with E-state index < -0.39 is 7.71 Å². The van der Waals surface area contributed by atoms with Gasteiger partial charge in [-0.25, -0.2) is 0 Å². The Bertz CT molecular complexity index is 191. The van der Waals surface area contributed by atoms with Gasteiger partial charge >= 0.3 is 29.6 Å². The third-order valence-corrected chi connectivity index (χ3v) is 3.56. The second-order valence-electron chi connectivity index (χ2n) is 2.47. The Morgan fingerprint density at radius 2 is 1.14 bits per heavy atom. The van der Waals surface area contributed by atoms with Gasteiger partial charge in [0.1, 0.15) is 7.71 Å². The van der Waals surface area contributed by atoms with E-state index in [1.54, 1.807) is 0 Å². The van der Waals surface area contributed by atoms with Crippen molar-refractivity contribution < 1.29 is 19.3 Å². The molecular formula is C6H17NaO4S3. The van der Waals surface area contributed by atoms with Crippen LogP contribution in [0.3, 0.4) is 0 Å². The molecule has 0 unspecified atom stereocenters. The predicted molar refractivity (Wildman–Crippen MR) is 66.8 cm³/mol. The van der Waals surface area contributed by atoms with Crippen LogP contribution in [0.1, 0.15) is 25.7 Å². The van der Waals surface area contributed by atoms with Gasteiger partial charge in [-0.2, -0.15) is 0 Å². The summed E-state index contributed by atoms with van der Waals surface area (Å²) in [7, 11) is -2.00. The Kier molecular flexibility index (Phi) is 16.7. The van der Waals surface area contributed by atoms with E-state index in [9.17, 15) is 0 Å². The maximum atomic E-state index is 5.24. The van der Waals surface area contributed by atoms with Gasteiger partial charge in [-0.3, -0.25) is 8.37 Å². The van der Waals surface area contributed by atoms with Crippen LogP contribution in [0.25, 0.3) is 0 Å². The van der Waals surface area contributed by atoms with Gasteiger partial charge in [0.25, 0.3) is 0 Å². The normalized spacial score (nSPS) is 20.9. The summed E-state index contributed by atoms with van der Waals surface area (Å²) < 4.78 is 10.5. The van der Waals surface area contributed by atoms with Crippen LogP contribution in [0.5, 0.6) is 0 Å². The van der Waals surface area contributed by atoms with Crippen molar-refractivity contribution in [3.05, 3.63) is 0 Å². The summed E-state index contributed by atoms with van der Waals surface area (Å²) in [6.07, 6.45) is 4.52. The second kappa shape index (κ2) is 11.1. The first kappa shape index (κ1) is 21.0. The van der Waals surface area contributed by atoms with Gasteiger partial charge in [0, 0.05) is 22.4 Å². The molecule has 1 saturated heterocycles. The van der Waals surface area contributed by atoms with Crippen molar-refractivity contribution in [1.29, 1.82) is 0 Å². The van der Waals surface area contributed by atoms with E-state index in [0.717, 1.165) is 12.8 Å². The fourth-order valence-electron chi connectivity index (χ4n) is 0.914.